The first-order valence-corrected chi connectivity index (χ1v) is 5.75. The summed E-state index contributed by atoms with van der Waals surface area (Å²) < 4.78 is 4.80. The third-order valence-electron chi connectivity index (χ3n) is 3.37. The number of carbonyl (C=O) groups is 1. The van der Waals surface area contributed by atoms with Crippen molar-refractivity contribution in [2.45, 2.75) is 24.8 Å². The van der Waals surface area contributed by atoms with E-state index in [1.165, 1.54) is 7.11 Å². The quantitative estimate of drug-likeness (QED) is 0.637. The predicted octanol–water partition coefficient (Wildman–Crippen LogP) is 0.774. The number of esters is 1. The fourth-order valence-corrected chi connectivity index (χ4v) is 3.68. The second-order valence-electron chi connectivity index (χ2n) is 4.05. The van der Waals surface area contributed by atoms with Crippen molar-refractivity contribution in [3.63, 3.8) is 0 Å². The Labute approximate surface area is 82.4 Å². The van der Waals surface area contributed by atoms with Crippen LogP contribution in [0.1, 0.15) is 19.3 Å². The van der Waals surface area contributed by atoms with Crippen LogP contribution in [0.2, 0.25) is 0 Å². The lowest BCUT2D eigenvalue weighted by molar-refractivity contribution is -0.150. The monoisotopic (exact) mass is 201 g/mol. The van der Waals surface area contributed by atoms with E-state index in [4.69, 9.17) is 10.5 Å². The summed E-state index contributed by atoms with van der Waals surface area (Å²) in [5.41, 5.74) is 5.55. The molecule has 13 heavy (non-hydrogen) atoms. The Hall–Kier alpha value is -0.220. The van der Waals surface area contributed by atoms with Crippen molar-refractivity contribution < 1.29 is 9.53 Å². The van der Waals surface area contributed by atoms with E-state index in [0.717, 1.165) is 30.8 Å². The molecule has 0 aromatic heterocycles. The second-order valence-corrected chi connectivity index (χ2v) is 5.15. The number of rotatable bonds is 1. The van der Waals surface area contributed by atoms with Gasteiger partial charge in [0.25, 0.3) is 0 Å². The van der Waals surface area contributed by atoms with Crippen LogP contribution in [-0.4, -0.2) is 30.1 Å². The van der Waals surface area contributed by atoms with Gasteiger partial charge in [0.05, 0.1) is 7.11 Å². The lowest BCUT2D eigenvalue weighted by Crippen LogP contribution is -2.59. The standard InChI is InChI=1S/C9H15NO2S/c1-12-7(11)9(10)4-5-13-6-8(9)2-3-8/h2-6,10H2,1H3. The fourth-order valence-electron chi connectivity index (χ4n) is 2.14. The molecule has 1 aliphatic carbocycles. The summed E-state index contributed by atoms with van der Waals surface area (Å²) in [6.07, 6.45) is 2.95. The number of ether oxygens (including phenoxy) is 1. The van der Waals surface area contributed by atoms with Crippen LogP contribution in [0.25, 0.3) is 0 Å². The number of carbonyl (C=O) groups excluding carboxylic acids is 1. The Kier molecular flexibility index (Phi) is 2.07. The van der Waals surface area contributed by atoms with E-state index in [1.807, 2.05) is 11.8 Å². The molecule has 1 unspecified atom stereocenters. The maximum Gasteiger partial charge on any atom is 0.326 e. The average molecular weight is 201 g/mol. The van der Waals surface area contributed by atoms with Crippen LogP contribution in [0.15, 0.2) is 0 Å². The Morgan fingerprint density at radius 1 is 1.46 bits per heavy atom. The summed E-state index contributed by atoms with van der Waals surface area (Å²) in [7, 11) is 1.43. The first kappa shape index (κ1) is 9.34. The molecule has 3 nitrogen and oxygen atoms in total. The van der Waals surface area contributed by atoms with Crippen molar-refractivity contribution in [3.05, 3.63) is 0 Å². The molecular formula is C9H15NO2S. The molecule has 1 spiro atoms. The minimum Gasteiger partial charge on any atom is -0.468 e. The van der Waals surface area contributed by atoms with Crippen LogP contribution in [0.3, 0.4) is 0 Å². The lowest BCUT2D eigenvalue weighted by atomic mass is 9.80. The molecule has 1 aliphatic heterocycles. The molecule has 2 N–H and O–H groups in total. The van der Waals surface area contributed by atoms with E-state index in [9.17, 15) is 4.79 Å². The van der Waals surface area contributed by atoms with Gasteiger partial charge in [-0.25, -0.2) is 0 Å². The number of nitrogens with two attached hydrogens (primary N) is 1. The van der Waals surface area contributed by atoms with Gasteiger partial charge in [-0.15, -0.1) is 0 Å². The summed E-state index contributed by atoms with van der Waals surface area (Å²) in [6, 6.07) is 0. The Morgan fingerprint density at radius 3 is 2.69 bits per heavy atom. The third kappa shape index (κ3) is 1.19. The van der Waals surface area contributed by atoms with Gasteiger partial charge in [-0.2, -0.15) is 11.8 Å². The molecule has 0 amide bonds. The van der Waals surface area contributed by atoms with Gasteiger partial charge in [0.2, 0.25) is 0 Å². The molecular weight excluding hydrogens is 186 g/mol. The predicted molar refractivity (Wildman–Crippen MR) is 52.5 cm³/mol. The molecule has 2 aliphatic rings. The summed E-state index contributed by atoms with van der Waals surface area (Å²) in [4.78, 5) is 11.6. The number of hydrogen-bond acceptors (Lipinski definition) is 4. The van der Waals surface area contributed by atoms with Gasteiger partial charge in [-0.05, 0) is 25.0 Å². The van der Waals surface area contributed by atoms with Gasteiger partial charge >= 0.3 is 5.97 Å². The second kappa shape index (κ2) is 2.89. The Bertz CT molecular complexity index is 240. The zero-order valence-electron chi connectivity index (χ0n) is 7.84. The number of methoxy groups -OCH3 is 1. The first-order valence-electron chi connectivity index (χ1n) is 4.60. The minimum absolute atomic E-state index is 0.0724. The van der Waals surface area contributed by atoms with Crippen LogP contribution in [-0.2, 0) is 9.53 Å². The van der Waals surface area contributed by atoms with Gasteiger partial charge in [0.15, 0.2) is 0 Å². The first-order chi connectivity index (χ1) is 6.15. The topological polar surface area (TPSA) is 52.3 Å². The summed E-state index contributed by atoms with van der Waals surface area (Å²) in [5.74, 6) is 1.79. The van der Waals surface area contributed by atoms with Gasteiger partial charge in [-0.3, -0.25) is 4.79 Å². The van der Waals surface area contributed by atoms with Crippen LogP contribution >= 0.6 is 11.8 Å². The average Bonchev–Trinajstić information content (AvgIpc) is 2.91. The molecule has 2 fully saturated rings. The Morgan fingerprint density at radius 2 is 2.15 bits per heavy atom. The van der Waals surface area contributed by atoms with Crippen molar-refractivity contribution >= 4 is 17.7 Å². The van der Waals surface area contributed by atoms with E-state index in [-0.39, 0.29) is 11.4 Å². The zero-order valence-corrected chi connectivity index (χ0v) is 8.65. The molecule has 0 radical (unpaired) electrons. The van der Waals surface area contributed by atoms with Gasteiger partial charge in [-0.1, -0.05) is 0 Å². The summed E-state index contributed by atoms with van der Waals surface area (Å²) in [6.45, 7) is 0. The molecule has 1 saturated carbocycles. The van der Waals surface area contributed by atoms with Crippen molar-refractivity contribution in [1.82, 2.24) is 0 Å². The highest BCUT2D eigenvalue weighted by Gasteiger charge is 2.62. The van der Waals surface area contributed by atoms with Gasteiger partial charge in [0.1, 0.15) is 5.54 Å². The molecule has 1 saturated heterocycles. The van der Waals surface area contributed by atoms with E-state index < -0.39 is 5.54 Å². The molecule has 4 heteroatoms. The van der Waals surface area contributed by atoms with Crippen LogP contribution in [0.4, 0.5) is 0 Å². The molecule has 1 atom stereocenters. The van der Waals surface area contributed by atoms with Gasteiger partial charge < -0.3 is 10.5 Å². The summed E-state index contributed by atoms with van der Waals surface area (Å²) in [5, 5.41) is 0. The van der Waals surface area contributed by atoms with E-state index in [2.05, 4.69) is 0 Å². The third-order valence-corrected chi connectivity index (χ3v) is 4.62. The molecule has 2 rings (SSSR count). The fraction of sp³-hybridized carbons (Fsp3) is 0.889. The minimum atomic E-state index is -0.687. The van der Waals surface area contributed by atoms with Gasteiger partial charge in [0, 0.05) is 11.2 Å². The molecule has 74 valence electrons. The van der Waals surface area contributed by atoms with E-state index in [1.54, 1.807) is 0 Å². The highest BCUT2D eigenvalue weighted by molar-refractivity contribution is 7.99. The smallest absolute Gasteiger partial charge is 0.326 e. The van der Waals surface area contributed by atoms with Crippen molar-refractivity contribution in [1.29, 1.82) is 0 Å². The maximum atomic E-state index is 11.6. The largest absolute Gasteiger partial charge is 0.468 e. The summed E-state index contributed by atoms with van der Waals surface area (Å²) >= 11 is 1.91. The molecule has 0 bridgehead atoms. The van der Waals surface area contributed by atoms with Crippen LogP contribution < -0.4 is 5.73 Å². The molecule has 0 aromatic rings. The lowest BCUT2D eigenvalue weighted by Gasteiger charge is -2.38. The molecule has 0 aromatic carbocycles. The van der Waals surface area contributed by atoms with Crippen molar-refractivity contribution in [2.75, 3.05) is 18.6 Å². The maximum absolute atomic E-state index is 11.6. The van der Waals surface area contributed by atoms with Crippen molar-refractivity contribution in [3.8, 4) is 0 Å². The van der Waals surface area contributed by atoms with E-state index >= 15 is 0 Å². The van der Waals surface area contributed by atoms with Crippen LogP contribution in [0.5, 0.6) is 0 Å². The normalized spacial score (nSPS) is 35.8. The zero-order chi connectivity index (χ0) is 9.53. The highest BCUT2D eigenvalue weighted by Crippen LogP contribution is 2.59. The molecule has 1 heterocycles. The van der Waals surface area contributed by atoms with Crippen molar-refractivity contribution in [2.24, 2.45) is 11.1 Å². The Balaban J connectivity index is 2.22. The SMILES string of the molecule is COC(=O)C1(N)CCSCC12CC2. The van der Waals surface area contributed by atoms with Crippen LogP contribution in [0, 0.1) is 5.41 Å². The highest BCUT2D eigenvalue weighted by atomic mass is 32.2. The number of hydrogen-bond donors (Lipinski definition) is 1. The van der Waals surface area contributed by atoms with E-state index in [0.29, 0.717) is 0 Å². The number of thioether (sulfide) groups is 1.